The summed E-state index contributed by atoms with van der Waals surface area (Å²) in [6.45, 7) is 3.61. The maximum absolute atomic E-state index is 11.9. The summed E-state index contributed by atoms with van der Waals surface area (Å²) < 4.78 is 1.71. The van der Waals surface area contributed by atoms with Crippen LogP contribution in [0.25, 0.3) is 0 Å². The van der Waals surface area contributed by atoms with Crippen molar-refractivity contribution in [2.45, 2.75) is 13.8 Å². The van der Waals surface area contributed by atoms with Crippen LogP contribution in [0, 0.1) is 13.8 Å². The minimum atomic E-state index is -0.260. The van der Waals surface area contributed by atoms with Gasteiger partial charge in [-0.3, -0.25) is 4.79 Å². The highest BCUT2D eigenvalue weighted by Crippen LogP contribution is 2.25. The van der Waals surface area contributed by atoms with Crippen molar-refractivity contribution in [1.82, 2.24) is 9.55 Å². The minimum absolute atomic E-state index is 0.225. The number of hydrogen-bond acceptors (Lipinski definition) is 3. The predicted octanol–water partition coefficient (Wildman–Crippen LogP) is 1.99. The molecule has 1 aromatic heterocycles. The zero-order valence-electron chi connectivity index (χ0n) is 10.6. The molecule has 1 aromatic carbocycles. The highest BCUT2D eigenvalue weighted by molar-refractivity contribution is 6.03. The van der Waals surface area contributed by atoms with Crippen LogP contribution < -0.4 is 5.32 Å². The van der Waals surface area contributed by atoms with E-state index in [1.165, 1.54) is 0 Å². The molecule has 2 rings (SSSR count). The number of aromatic nitrogens is 2. The van der Waals surface area contributed by atoms with Gasteiger partial charge in [-0.05, 0) is 37.1 Å². The first-order valence-electron chi connectivity index (χ1n) is 5.57. The van der Waals surface area contributed by atoms with Gasteiger partial charge in [-0.1, -0.05) is 0 Å². The van der Waals surface area contributed by atoms with Gasteiger partial charge < -0.3 is 15.0 Å². The van der Waals surface area contributed by atoms with Gasteiger partial charge in [-0.2, -0.15) is 0 Å². The summed E-state index contributed by atoms with van der Waals surface area (Å²) >= 11 is 0. The lowest BCUT2D eigenvalue weighted by Crippen LogP contribution is -2.13. The van der Waals surface area contributed by atoms with Crippen molar-refractivity contribution in [3.05, 3.63) is 41.5 Å². The van der Waals surface area contributed by atoms with Crippen LogP contribution in [0.3, 0.4) is 0 Å². The summed E-state index contributed by atoms with van der Waals surface area (Å²) in [6.07, 6.45) is 3.22. The third-order valence-corrected chi connectivity index (χ3v) is 2.73. The quantitative estimate of drug-likeness (QED) is 0.795. The van der Waals surface area contributed by atoms with Crippen molar-refractivity contribution < 1.29 is 9.90 Å². The first-order valence-corrected chi connectivity index (χ1v) is 5.57. The number of nitrogens with zero attached hydrogens (tertiary/aromatic N) is 2. The van der Waals surface area contributed by atoms with Gasteiger partial charge >= 0.3 is 0 Å². The van der Waals surface area contributed by atoms with E-state index in [0.717, 1.165) is 11.1 Å². The molecule has 0 aliphatic heterocycles. The molecule has 0 saturated heterocycles. The Hall–Kier alpha value is -2.30. The number of aryl methyl sites for hydroxylation is 3. The first kappa shape index (κ1) is 12.2. The second-order valence-corrected chi connectivity index (χ2v) is 4.33. The van der Waals surface area contributed by atoms with Crippen LogP contribution in [0.5, 0.6) is 5.75 Å². The Morgan fingerprint density at radius 3 is 2.67 bits per heavy atom. The Bertz CT molecular complexity index is 602. The number of hydrogen-bond donors (Lipinski definition) is 2. The molecule has 0 aliphatic rings. The fourth-order valence-corrected chi connectivity index (χ4v) is 1.65. The van der Waals surface area contributed by atoms with Gasteiger partial charge in [-0.15, -0.1) is 0 Å². The van der Waals surface area contributed by atoms with Gasteiger partial charge in [0.1, 0.15) is 11.4 Å². The number of rotatable bonds is 2. The Morgan fingerprint density at radius 1 is 1.33 bits per heavy atom. The van der Waals surface area contributed by atoms with Crippen LogP contribution in [-0.2, 0) is 7.05 Å². The summed E-state index contributed by atoms with van der Waals surface area (Å²) in [5.41, 5.74) is 2.57. The SMILES string of the molecule is Cc1cc(NC(=O)c2cn(C)cn2)c(C)cc1O. The number of phenols is 1. The van der Waals surface area contributed by atoms with Gasteiger partial charge in [0.2, 0.25) is 0 Å². The molecule has 2 aromatic rings. The van der Waals surface area contributed by atoms with E-state index >= 15 is 0 Å². The van der Waals surface area contributed by atoms with Crippen LogP contribution >= 0.6 is 0 Å². The standard InChI is InChI=1S/C13H15N3O2/c1-8-5-12(17)9(2)4-10(8)15-13(18)11-6-16(3)7-14-11/h4-7,17H,1-3H3,(H,15,18). The van der Waals surface area contributed by atoms with E-state index in [9.17, 15) is 9.90 Å². The number of amides is 1. The van der Waals surface area contributed by atoms with Gasteiger partial charge in [-0.25, -0.2) is 4.98 Å². The Kier molecular flexibility index (Phi) is 3.06. The Balaban J connectivity index is 2.24. The maximum atomic E-state index is 11.9. The summed E-state index contributed by atoms with van der Waals surface area (Å²) in [5.74, 6) is -0.0351. The highest BCUT2D eigenvalue weighted by atomic mass is 16.3. The van der Waals surface area contributed by atoms with Crippen molar-refractivity contribution in [3.8, 4) is 5.75 Å². The van der Waals surface area contributed by atoms with Gasteiger partial charge in [0.15, 0.2) is 0 Å². The first-order chi connectivity index (χ1) is 8.47. The molecule has 2 N–H and O–H groups in total. The molecule has 1 amide bonds. The summed E-state index contributed by atoms with van der Waals surface area (Å²) in [7, 11) is 1.81. The Labute approximate surface area is 105 Å². The molecule has 0 fully saturated rings. The van der Waals surface area contributed by atoms with E-state index in [0.29, 0.717) is 11.4 Å². The zero-order valence-corrected chi connectivity index (χ0v) is 10.6. The molecule has 0 saturated carbocycles. The van der Waals surface area contributed by atoms with Crippen molar-refractivity contribution in [1.29, 1.82) is 0 Å². The van der Waals surface area contributed by atoms with Crippen molar-refractivity contribution in [3.63, 3.8) is 0 Å². The van der Waals surface area contributed by atoms with Crippen molar-refractivity contribution in [2.24, 2.45) is 7.05 Å². The van der Waals surface area contributed by atoms with E-state index < -0.39 is 0 Å². The molecular weight excluding hydrogens is 230 g/mol. The molecule has 0 bridgehead atoms. The fraction of sp³-hybridized carbons (Fsp3) is 0.231. The number of anilines is 1. The highest BCUT2D eigenvalue weighted by Gasteiger charge is 2.11. The van der Waals surface area contributed by atoms with Gasteiger partial charge in [0.25, 0.3) is 5.91 Å². The third-order valence-electron chi connectivity index (χ3n) is 2.73. The largest absolute Gasteiger partial charge is 0.508 e. The molecule has 5 nitrogen and oxygen atoms in total. The number of aromatic hydroxyl groups is 1. The topological polar surface area (TPSA) is 67.2 Å². The van der Waals surface area contributed by atoms with E-state index in [-0.39, 0.29) is 11.7 Å². The smallest absolute Gasteiger partial charge is 0.275 e. The predicted molar refractivity (Wildman–Crippen MR) is 68.7 cm³/mol. The third kappa shape index (κ3) is 2.34. The van der Waals surface area contributed by atoms with E-state index in [1.54, 1.807) is 43.2 Å². The van der Waals surface area contributed by atoms with Crippen LogP contribution in [-0.4, -0.2) is 20.6 Å². The molecule has 18 heavy (non-hydrogen) atoms. The molecule has 0 aliphatic carbocycles. The molecular formula is C13H15N3O2. The van der Waals surface area contributed by atoms with Gasteiger partial charge in [0.05, 0.1) is 6.33 Å². The van der Waals surface area contributed by atoms with Gasteiger partial charge in [0, 0.05) is 18.9 Å². The molecule has 94 valence electrons. The lowest BCUT2D eigenvalue weighted by molar-refractivity contribution is 0.102. The van der Waals surface area contributed by atoms with Crippen molar-refractivity contribution in [2.75, 3.05) is 5.32 Å². The number of imidazole rings is 1. The van der Waals surface area contributed by atoms with Crippen LogP contribution in [0.4, 0.5) is 5.69 Å². The number of benzene rings is 1. The van der Waals surface area contributed by atoms with E-state index in [2.05, 4.69) is 10.3 Å². The molecule has 0 unspecified atom stereocenters. The summed E-state index contributed by atoms with van der Waals surface area (Å²) in [6, 6.07) is 3.37. The second kappa shape index (κ2) is 4.52. The molecule has 0 radical (unpaired) electrons. The number of carbonyl (C=O) groups excluding carboxylic acids is 1. The molecule has 0 atom stereocenters. The zero-order chi connectivity index (χ0) is 13.3. The minimum Gasteiger partial charge on any atom is -0.508 e. The lowest BCUT2D eigenvalue weighted by Gasteiger charge is -2.09. The lowest BCUT2D eigenvalue weighted by atomic mass is 10.1. The van der Waals surface area contributed by atoms with Crippen LogP contribution in [0.2, 0.25) is 0 Å². The van der Waals surface area contributed by atoms with E-state index in [1.807, 2.05) is 6.92 Å². The molecule has 1 heterocycles. The summed E-state index contributed by atoms with van der Waals surface area (Å²) in [5, 5.41) is 12.3. The van der Waals surface area contributed by atoms with E-state index in [4.69, 9.17) is 0 Å². The second-order valence-electron chi connectivity index (χ2n) is 4.33. The Morgan fingerprint density at radius 2 is 2.06 bits per heavy atom. The normalized spacial score (nSPS) is 10.4. The number of phenolic OH excluding ortho intramolecular Hbond substituents is 1. The average molecular weight is 245 g/mol. The maximum Gasteiger partial charge on any atom is 0.275 e. The van der Waals surface area contributed by atoms with Crippen LogP contribution in [0.1, 0.15) is 21.6 Å². The monoisotopic (exact) mass is 245 g/mol. The molecule has 5 heteroatoms. The molecule has 0 spiro atoms. The number of carbonyl (C=O) groups is 1. The fourth-order valence-electron chi connectivity index (χ4n) is 1.65. The average Bonchev–Trinajstić information content (AvgIpc) is 2.73. The number of nitrogens with one attached hydrogen (secondary N) is 1. The van der Waals surface area contributed by atoms with Crippen LogP contribution in [0.15, 0.2) is 24.7 Å². The summed E-state index contributed by atoms with van der Waals surface area (Å²) in [4.78, 5) is 15.9. The van der Waals surface area contributed by atoms with Crippen molar-refractivity contribution >= 4 is 11.6 Å².